The van der Waals surface area contributed by atoms with Crippen LogP contribution in [0.4, 0.5) is 0 Å². The van der Waals surface area contributed by atoms with E-state index < -0.39 is 10.0 Å². The molecule has 20 heavy (non-hydrogen) atoms. The van der Waals surface area contributed by atoms with Crippen LogP contribution in [-0.4, -0.2) is 29.9 Å². The van der Waals surface area contributed by atoms with E-state index in [0.29, 0.717) is 12.1 Å². The molecule has 0 saturated heterocycles. The lowest BCUT2D eigenvalue weighted by atomic mass is 10.2. The Hall–Kier alpha value is -1.28. The molecule has 2 aromatic rings. The SMILES string of the molecule is Cc1ncsc1CN(C)S(=O)(=O)c1cccc(CO)c1. The van der Waals surface area contributed by atoms with Crippen molar-refractivity contribution in [3.63, 3.8) is 0 Å². The van der Waals surface area contributed by atoms with Crippen LogP contribution >= 0.6 is 11.3 Å². The minimum Gasteiger partial charge on any atom is -0.392 e. The highest BCUT2D eigenvalue weighted by atomic mass is 32.2. The van der Waals surface area contributed by atoms with E-state index in [9.17, 15) is 8.42 Å². The summed E-state index contributed by atoms with van der Waals surface area (Å²) in [4.78, 5) is 5.23. The number of nitrogens with zero attached hydrogens (tertiary/aromatic N) is 2. The number of thiazole rings is 1. The van der Waals surface area contributed by atoms with Crippen LogP contribution in [-0.2, 0) is 23.2 Å². The van der Waals surface area contributed by atoms with Crippen molar-refractivity contribution < 1.29 is 13.5 Å². The molecule has 1 aromatic carbocycles. The summed E-state index contributed by atoms with van der Waals surface area (Å²) in [6.07, 6.45) is 0. The van der Waals surface area contributed by atoms with Crippen LogP contribution in [0.25, 0.3) is 0 Å². The molecule has 0 atom stereocenters. The maximum Gasteiger partial charge on any atom is 0.243 e. The monoisotopic (exact) mass is 312 g/mol. The Morgan fingerprint density at radius 2 is 2.15 bits per heavy atom. The minimum absolute atomic E-state index is 0.180. The quantitative estimate of drug-likeness (QED) is 0.913. The maximum atomic E-state index is 12.5. The lowest BCUT2D eigenvalue weighted by Gasteiger charge is -2.17. The predicted molar refractivity (Wildman–Crippen MR) is 77.9 cm³/mol. The second-order valence-corrected chi connectivity index (χ2v) is 7.41. The molecular formula is C13H16N2O3S2. The number of hydrogen-bond acceptors (Lipinski definition) is 5. The lowest BCUT2D eigenvalue weighted by molar-refractivity contribution is 0.281. The van der Waals surface area contributed by atoms with Gasteiger partial charge in [0.05, 0.1) is 22.7 Å². The highest BCUT2D eigenvalue weighted by molar-refractivity contribution is 7.89. The third-order valence-corrected chi connectivity index (χ3v) is 5.72. The number of aliphatic hydroxyl groups is 1. The Labute approximate surface area is 122 Å². The van der Waals surface area contributed by atoms with E-state index in [0.717, 1.165) is 10.6 Å². The standard InChI is InChI=1S/C13H16N2O3S2/c1-10-13(19-9-14-10)7-15(2)20(17,18)12-5-3-4-11(6-12)8-16/h3-6,9,16H,7-8H2,1-2H3. The second-order valence-electron chi connectivity index (χ2n) is 4.43. The van der Waals surface area contributed by atoms with Crippen molar-refractivity contribution in [2.75, 3.05) is 7.05 Å². The highest BCUT2D eigenvalue weighted by Crippen LogP contribution is 2.21. The fourth-order valence-corrected chi connectivity index (χ4v) is 3.87. The first-order valence-electron chi connectivity index (χ1n) is 6.00. The summed E-state index contributed by atoms with van der Waals surface area (Å²) in [5.74, 6) is 0. The number of benzene rings is 1. The number of rotatable bonds is 5. The minimum atomic E-state index is -3.56. The fraction of sp³-hybridized carbons (Fsp3) is 0.308. The van der Waals surface area contributed by atoms with Gasteiger partial charge >= 0.3 is 0 Å². The Balaban J connectivity index is 2.27. The fourth-order valence-electron chi connectivity index (χ4n) is 1.75. The molecule has 0 aliphatic carbocycles. The molecule has 0 saturated carbocycles. The van der Waals surface area contributed by atoms with Gasteiger partial charge in [-0.25, -0.2) is 13.4 Å². The molecule has 1 aromatic heterocycles. The van der Waals surface area contributed by atoms with Gasteiger partial charge in [-0.1, -0.05) is 12.1 Å². The van der Waals surface area contributed by atoms with E-state index in [1.807, 2.05) is 6.92 Å². The molecule has 0 fully saturated rings. The van der Waals surface area contributed by atoms with Crippen molar-refractivity contribution in [3.05, 3.63) is 45.9 Å². The normalized spacial score (nSPS) is 12.0. The van der Waals surface area contributed by atoms with Crippen molar-refractivity contribution in [2.45, 2.75) is 25.0 Å². The molecule has 0 bridgehead atoms. The molecule has 108 valence electrons. The van der Waals surface area contributed by atoms with Crippen molar-refractivity contribution in [3.8, 4) is 0 Å². The number of aromatic nitrogens is 1. The van der Waals surface area contributed by atoms with E-state index in [1.165, 1.54) is 27.8 Å². The van der Waals surface area contributed by atoms with Gasteiger partial charge in [0.1, 0.15) is 0 Å². The van der Waals surface area contributed by atoms with E-state index in [2.05, 4.69) is 4.98 Å². The zero-order chi connectivity index (χ0) is 14.8. The van der Waals surface area contributed by atoms with Crippen LogP contribution in [0.2, 0.25) is 0 Å². The number of aliphatic hydroxyl groups excluding tert-OH is 1. The summed E-state index contributed by atoms with van der Waals surface area (Å²) < 4.78 is 26.2. The molecule has 1 N–H and O–H groups in total. The predicted octanol–water partition coefficient (Wildman–Crippen LogP) is 1.76. The van der Waals surface area contributed by atoms with Crippen molar-refractivity contribution >= 4 is 21.4 Å². The summed E-state index contributed by atoms with van der Waals surface area (Å²) >= 11 is 1.44. The van der Waals surface area contributed by atoms with Gasteiger partial charge in [-0.3, -0.25) is 0 Å². The van der Waals surface area contributed by atoms with Gasteiger partial charge in [0, 0.05) is 18.5 Å². The zero-order valence-electron chi connectivity index (χ0n) is 11.3. The third-order valence-electron chi connectivity index (χ3n) is 3.00. The molecule has 0 spiro atoms. The van der Waals surface area contributed by atoms with Crippen molar-refractivity contribution in [2.24, 2.45) is 0 Å². The van der Waals surface area contributed by atoms with E-state index in [4.69, 9.17) is 5.11 Å². The second kappa shape index (κ2) is 6.01. The number of aryl methyl sites for hydroxylation is 1. The summed E-state index contributed by atoms with van der Waals surface area (Å²) in [7, 11) is -2.02. The van der Waals surface area contributed by atoms with Gasteiger partial charge < -0.3 is 5.11 Å². The van der Waals surface area contributed by atoms with Crippen LogP contribution in [0.5, 0.6) is 0 Å². The maximum absolute atomic E-state index is 12.5. The average Bonchev–Trinajstić information content (AvgIpc) is 2.84. The Kier molecular flexibility index (Phi) is 4.54. The summed E-state index contributed by atoms with van der Waals surface area (Å²) in [5, 5.41) is 9.10. The van der Waals surface area contributed by atoms with Crippen molar-refractivity contribution in [1.29, 1.82) is 0 Å². The van der Waals surface area contributed by atoms with E-state index >= 15 is 0 Å². The molecule has 0 aliphatic rings. The average molecular weight is 312 g/mol. The highest BCUT2D eigenvalue weighted by Gasteiger charge is 2.22. The van der Waals surface area contributed by atoms with Crippen LogP contribution in [0.15, 0.2) is 34.7 Å². The zero-order valence-corrected chi connectivity index (χ0v) is 12.9. The molecule has 0 aliphatic heterocycles. The Morgan fingerprint density at radius 3 is 2.75 bits per heavy atom. The molecule has 7 heteroatoms. The first kappa shape index (κ1) is 15.1. The van der Waals surface area contributed by atoms with Crippen LogP contribution in [0, 0.1) is 6.92 Å². The van der Waals surface area contributed by atoms with Crippen molar-refractivity contribution in [1.82, 2.24) is 9.29 Å². The van der Waals surface area contributed by atoms with E-state index in [1.54, 1.807) is 24.7 Å². The van der Waals surface area contributed by atoms with Gasteiger partial charge in [0.25, 0.3) is 0 Å². The molecule has 1 heterocycles. The van der Waals surface area contributed by atoms with Gasteiger partial charge in [0.2, 0.25) is 10.0 Å². The van der Waals surface area contributed by atoms with Crippen LogP contribution < -0.4 is 0 Å². The number of hydrogen-bond donors (Lipinski definition) is 1. The third kappa shape index (κ3) is 3.06. The molecule has 5 nitrogen and oxygen atoms in total. The topological polar surface area (TPSA) is 70.5 Å². The van der Waals surface area contributed by atoms with Gasteiger partial charge in [-0.05, 0) is 24.6 Å². The summed E-state index contributed by atoms with van der Waals surface area (Å²) in [5.41, 5.74) is 3.13. The first-order valence-corrected chi connectivity index (χ1v) is 8.32. The Bertz CT molecular complexity index is 695. The molecule has 0 amide bonds. The summed E-state index contributed by atoms with van der Waals surface area (Å²) in [6, 6.07) is 6.34. The summed E-state index contributed by atoms with van der Waals surface area (Å²) in [6.45, 7) is 1.97. The van der Waals surface area contributed by atoms with Gasteiger partial charge in [0.15, 0.2) is 0 Å². The molecule has 2 rings (SSSR count). The van der Waals surface area contributed by atoms with Gasteiger partial charge in [-0.2, -0.15) is 4.31 Å². The van der Waals surface area contributed by atoms with E-state index in [-0.39, 0.29) is 11.5 Å². The van der Waals surface area contributed by atoms with Gasteiger partial charge in [-0.15, -0.1) is 11.3 Å². The number of sulfonamides is 1. The largest absolute Gasteiger partial charge is 0.392 e. The molecule has 0 unspecified atom stereocenters. The molecule has 0 radical (unpaired) electrons. The Morgan fingerprint density at radius 1 is 1.40 bits per heavy atom. The van der Waals surface area contributed by atoms with Crippen LogP contribution in [0.1, 0.15) is 16.1 Å². The molecular weight excluding hydrogens is 296 g/mol. The lowest BCUT2D eigenvalue weighted by Crippen LogP contribution is -2.26. The smallest absolute Gasteiger partial charge is 0.243 e. The van der Waals surface area contributed by atoms with Crippen LogP contribution in [0.3, 0.4) is 0 Å². The first-order chi connectivity index (χ1) is 9.45.